The number of aromatic amines is 1. The second-order valence-electron chi connectivity index (χ2n) is 3.47. The van der Waals surface area contributed by atoms with E-state index in [1.165, 1.54) is 24.3 Å². The van der Waals surface area contributed by atoms with Gasteiger partial charge in [0.2, 0.25) is 0 Å². The molecule has 0 aliphatic heterocycles. The average molecular weight is 235 g/mol. The van der Waals surface area contributed by atoms with Gasteiger partial charge in [0.15, 0.2) is 5.82 Å². The Balaban J connectivity index is 2.04. The predicted molar refractivity (Wildman–Crippen MR) is 56.5 cm³/mol. The van der Waals surface area contributed by atoms with Crippen LogP contribution in [0.1, 0.15) is 29.1 Å². The predicted octanol–water partition coefficient (Wildman–Crippen LogP) is 0.830. The van der Waals surface area contributed by atoms with E-state index in [9.17, 15) is 9.18 Å². The molecule has 6 nitrogen and oxygen atoms in total. The molecule has 2 aromatic rings. The van der Waals surface area contributed by atoms with Gasteiger partial charge >= 0.3 is 0 Å². The monoisotopic (exact) mass is 235 g/mol. The molecule has 2 rings (SSSR count). The SMILES string of the molecule is CC(NC(=O)c1ccc(F)cc1)c1nn[nH]n1. The molecule has 1 atom stereocenters. The van der Waals surface area contributed by atoms with E-state index in [0.29, 0.717) is 11.4 Å². The summed E-state index contributed by atoms with van der Waals surface area (Å²) in [6.45, 7) is 1.73. The molecule has 0 aliphatic carbocycles. The number of rotatable bonds is 3. The number of halogens is 1. The van der Waals surface area contributed by atoms with Crippen LogP contribution in [0.5, 0.6) is 0 Å². The molecule has 1 unspecified atom stereocenters. The third-order valence-corrected chi connectivity index (χ3v) is 2.20. The van der Waals surface area contributed by atoms with E-state index in [2.05, 4.69) is 25.9 Å². The number of aromatic nitrogens is 4. The average Bonchev–Trinajstić information content (AvgIpc) is 2.83. The number of carbonyl (C=O) groups is 1. The minimum atomic E-state index is -0.382. The van der Waals surface area contributed by atoms with Crippen LogP contribution in [0.25, 0.3) is 0 Å². The molecule has 0 saturated carbocycles. The first-order chi connectivity index (χ1) is 8.16. The highest BCUT2D eigenvalue weighted by molar-refractivity contribution is 5.94. The molecule has 1 aromatic heterocycles. The number of nitrogens with one attached hydrogen (secondary N) is 2. The second-order valence-corrected chi connectivity index (χ2v) is 3.47. The van der Waals surface area contributed by atoms with Crippen LogP contribution < -0.4 is 5.32 Å². The molecule has 0 fully saturated rings. The van der Waals surface area contributed by atoms with Crippen LogP contribution in [-0.4, -0.2) is 26.5 Å². The van der Waals surface area contributed by atoms with Gasteiger partial charge in [-0.15, -0.1) is 10.2 Å². The van der Waals surface area contributed by atoms with Gasteiger partial charge in [-0.2, -0.15) is 5.21 Å². The highest BCUT2D eigenvalue weighted by atomic mass is 19.1. The number of carbonyl (C=O) groups excluding carboxylic acids is 1. The van der Waals surface area contributed by atoms with Crippen molar-refractivity contribution < 1.29 is 9.18 Å². The van der Waals surface area contributed by atoms with Gasteiger partial charge in [0.25, 0.3) is 5.91 Å². The van der Waals surface area contributed by atoms with Crippen molar-refractivity contribution >= 4 is 5.91 Å². The van der Waals surface area contributed by atoms with Crippen LogP contribution in [0.2, 0.25) is 0 Å². The molecule has 7 heteroatoms. The Morgan fingerprint density at radius 2 is 2.12 bits per heavy atom. The van der Waals surface area contributed by atoms with Crippen molar-refractivity contribution in [3.8, 4) is 0 Å². The number of hydrogen-bond donors (Lipinski definition) is 2. The van der Waals surface area contributed by atoms with Crippen molar-refractivity contribution in [3.63, 3.8) is 0 Å². The number of benzene rings is 1. The number of tetrazole rings is 1. The van der Waals surface area contributed by atoms with Gasteiger partial charge in [-0.1, -0.05) is 5.21 Å². The van der Waals surface area contributed by atoms with Crippen LogP contribution in [0.3, 0.4) is 0 Å². The van der Waals surface area contributed by atoms with Crippen LogP contribution >= 0.6 is 0 Å². The van der Waals surface area contributed by atoms with Gasteiger partial charge in [0, 0.05) is 5.56 Å². The summed E-state index contributed by atoms with van der Waals surface area (Å²) in [5.74, 6) is -0.310. The van der Waals surface area contributed by atoms with Crippen LogP contribution in [-0.2, 0) is 0 Å². The smallest absolute Gasteiger partial charge is 0.251 e. The largest absolute Gasteiger partial charge is 0.342 e. The zero-order valence-corrected chi connectivity index (χ0v) is 9.01. The lowest BCUT2D eigenvalue weighted by Crippen LogP contribution is -2.27. The second kappa shape index (κ2) is 4.69. The molecule has 0 aliphatic rings. The molecule has 88 valence electrons. The summed E-state index contributed by atoms with van der Waals surface area (Å²) in [7, 11) is 0. The Morgan fingerprint density at radius 1 is 1.41 bits per heavy atom. The molecule has 0 radical (unpaired) electrons. The number of amides is 1. The Hall–Kier alpha value is -2.31. The maximum Gasteiger partial charge on any atom is 0.251 e. The zero-order valence-electron chi connectivity index (χ0n) is 9.01. The molecule has 0 bridgehead atoms. The molecule has 0 spiro atoms. The summed E-state index contributed by atoms with van der Waals surface area (Å²) in [6.07, 6.45) is 0. The van der Waals surface area contributed by atoms with Crippen LogP contribution in [0.15, 0.2) is 24.3 Å². The standard InChI is InChI=1S/C10H10FN5O/c1-6(9-13-15-16-14-9)12-10(17)7-2-4-8(11)5-3-7/h2-6H,1H3,(H,12,17)(H,13,14,15,16). The van der Waals surface area contributed by atoms with E-state index in [0.717, 1.165) is 0 Å². The van der Waals surface area contributed by atoms with Crippen molar-refractivity contribution in [1.29, 1.82) is 0 Å². The van der Waals surface area contributed by atoms with Crippen molar-refractivity contribution in [2.24, 2.45) is 0 Å². The van der Waals surface area contributed by atoms with E-state index in [-0.39, 0.29) is 17.8 Å². The summed E-state index contributed by atoms with van der Waals surface area (Å²) < 4.78 is 12.7. The van der Waals surface area contributed by atoms with E-state index in [4.69, 9.17) is 0 Å². The molecule has 2 N–H and O–H groups in total. The zero-order chi connectivity index (χ0) is 12.3. The van der Waals surface area contributed by atoms with Crippen molar-refractivity contribution in [2.75, 3.05) is 0 Å². The summed E-state index contributed by atoms with van der Waals surface area (Å²) in [5, 5.41) is 15.9. The highest BCUT2D eigenvalue weighted by Gasteiger charge is 2.14. The number of hydrogen-bond acceptors (Lipinski definition) is 4. The van der Waals surface area contributed by atoms with Crippen molar-refractivity contribution in [3.05, 3.63) is 41.5 Å². The van der Waals surface area contributed by atoms with Gasteiger partial charge < -0.3 is 5.32 Å². The van der Waals surface area contributed by atoms with Gasteiger partial charge in [-0.05, 0) is 31.2 Å². The van der Waals surface area contributed by atoms with Crippen molar-refractivity contribution in [1.82, 2.24) is 25.9 Å². The Bertz CT molecular complexity index is 496. The van der Waals surface area contributed by atoms with Gasteiger partial charge in [0.1, 0.15) is 5.82 Å². The van der Waals surface area contributed by atoms with Gasteiger partial charge in [-0.3, -0.25) is 4.79 Å². The van der Waals surface area contributed by atoms with Gasteiger partial charge in [0.05, 0.1) is 6.04 Å². The topological polar surface area (TPSA) is 83.6 Å². The third-order valence-electron chi connectivity index (χ3n) is 2.20. The highest BCUT2D eigenvalue weighted by Crippen LogP contribution is 2.07. The fraction of sp³-hybridized carbons (Fsp3) is 0.200. The maximum absolute atomic E-state index is 12.7. The summed E-state index contributed by atoms with van der Waals surface area (Å²) >= 11 is 0. The molecule has 0 saturated heterocycles. The van der Waals surface area contributed by atoms with E-state index in [1.54, 1.807) is 6.92 Å². The Kier molecular flexibility index (Phi) is 3.08. The summed E-state index contributed by atoms with van der Waals surface area (Å²) in [6, 6.07) is 4.91. The van der Waals surface area contributed by atoms with Gasteiger partial charge in [-0.25, -0.2) is 4.39 Å². The summed E-state index contributed by atoms with van der Waals surface area (Å²) in [4.78, 5) is 11.7. The molecular weight excluding hydrogens is 225 g/mol. The van der Waals surface area contributed by atoms with Crippen LogP contribution in [0, 0.1) is 5.82 Å². The first kappa shape index (κ1) is 11.2. The first-order valence-electron chi connectivity index (χ1n) is 4.96. The molecule has 1 heterocycles. The third kappa shape index (κ3) is 2.63. The molecular formula is C10H10FN5O. The van der Waals surface area contributed by atoms with Crippen molar-refractivity contribution in [2.45, 2.75) is 13.0 Å². The fourth-order valence-electron chi connectivity index (χ4n) is 1.30. The Morgan fingerprint density at radius 3 is 2.71 bits per heavy atom. The fourth-order valence-corrected chi connectivity index (χ4v) is 1.30. The normalized spacial score (nSPS) is 12.1. The van der Waals surface area contributed by atoms with Crippen LogP contribution in [0.4, 0.5) is 4.39 Å². The number of nitrogens with zero attached hydrogens (tertiary/aromatic N) is 3. The minimum absolute atomic E-state index is 0.317. The molecule has 17 heavy (non-hydrogen) atoms. The first-order valence-corrected chi connectivity index (χ1v) is 4.96. The lowest BCUT2D eigenvalue weighted by Gasteiger charge is -2.09. The van der Waals surface area contributed by atoms with E-state index < -0.39 is 0 Å². The lowest BCUT2D eigenvalue weighted by molar-refractivity contribution is 0.0938. The lowest BCUT2D eigenvalue weighted by atomic mass is 10.2. The number of H-pyrrole nitrogens is 1. The quantitative estimate of drug-likeness (QED) is 0.825. The molecule has 1 amide bonds. The van der Waals surface area contributed by atoms with E-state index in [1.807, 2.05) is 0 Å². The minimum Gasteiger partial charge on any atom is -0.342 e. The molecule has 1 aromatic carbocycles. The Labute approximate surface area is 96.2 Å². The van der Waals surface area contributed by atoms with E-state index >= 15 is 0 Å². The summed E-state index contributed by atoms with van der Waals surface area (Å²) in [5.41, 5.74) is 0.377. The maximum atomic E-state index is 12.7.